The van der Waals surface area contributed by atoms with Crippen molar-refractivity contribution in [2.45, 2.75) is 0 Å². The molecule has 0 atom stereocenters. The number of nitrogens with zero attached hydrogens (tertiary/aromatic N) is 1. The average Bonchev–Trinajstić information content (AvgIpc) is 2.79. The van der Waals surface area contributed by atoms with Gasteiger partial charge in [0.2, 0.25) is 0 Å². The number of fused-ring (bicyclic) bond motifs is 1. The SMILES string of the molecule is CSC(=NC(=O)c1cc2ccccc2[nH]1)SC. The fourth-order valence-electron chi connectivity index (χ4n) is 1.51. The quantitative estimate of drug-likeness (QED) is 0.634. The third kappa shape index (κ3) is 2.73. The summed E-state index contributed by atoms with van der Waals surface area (Å²) >= 11 is 2.96. The molecule has 0 bridgehead atoms. The lowest BCUT2D eigenvalue weighted by Crippen LogP contribution is -1.98. The van der Waals surface area contributed by atoms with Gasteiger partial charge in [-0.1, -0.05) is 18.2 Å². The van der Waals surface area contributed by atoms with E-state index in [0.29, 0.717) is 5.69 Å². The highest BCUT2D eigenvalue weighted by molar-refractivity contribution is 8.38. The average molecular weight is 264 g/mol. The zero-order valence-corrected chi connectivity index (χ0v) is 11.2. The van der Waals surface area contributed by atoms with Gasteiger partial charge in [-0.2, -0.15) is 4.99 Å². The minimum atomic E-state index is -0.222. The van der Waals surface area contributed by atoms with Crippen LogP contribution in [0.2, 0.25) is 0 Å². The lowest BCUT2D eigenvalue weighted by molar-refractivity contribution is 0.0999. The van der Waals surface area contributed by atoms with Crippen LogP contribution in [0.25, 0.3) is 10.9 Å². The van der Waals surface area contributed by atoms with E-state index in [2.05, 4.69) is 9.98 Å². The fraction of sp³-hybridized carbons (Fsp3) is 0.167. The van der Waals surface area contributed by atoms with Crippen molar-refractivity contribution in [2.75, 3.05) is 12.5 Å². The number of carbonyl (C=O) groups is 1. The Morgan fingerprint density at radius 2 is 1.94 bits per heavy atom. The summed E-state index contributed by atoms with van der Waals surface area (Å²) in [4.78, 5) is 19.0. The van der Waals surface area contributed by atoms with Gasteiger partial charge in [0, 0.05) is 10.9 Å². The van der Waals surface area contributed by atoms with E-state index in [4.69, 9.17) is 0 Å². The summed E-state index contributed by atoms with van der Waals surface area (Å²) in [6, 6.07) is 9.63. The lowest BCUT2D eigenvalue weighted by atomic mass is 10.2. The number of aromatic nitrogens is 1. The van der Waals surface area contributed by atoms with Crippen LogP contribution in [0.1, 0.15) is 10.5 Å². The van der Waals surface area contributed by atoms with E-state index in [9.17, 15) is 4.79 Å². The molecule has 1 amide bonds. The lowest BCUT2D eigenvalue weighted by Gasteiger charge is -1.95. The number of para-hydroxylation sites is 1. The largest absolute Gasteiger partial charge is 0.350 e. The van der Waals surface area contributed by atoms with E-state index < -0.39 is 0 Å². The first-order valence-electron chi connectivity index (χ1n) is 5.03. The van der Waals surface area contributed by atoms with Crippen LogP contribution < -0.4 is 0 Å². The van der Waals surface area contributed by atoms with Crippen molar-refractivity contribution in [3.05, 3.63) is 36.0 Å². The Morgan fingerprint density at radius 1 is 1.24 bits per heavy atom. The Bertz CT molecular complexity index is 536. The maximum atomic E-state index is 11.9. The Morgan fingerprint density at radius 3 is 2.59 bits per heavy atom. The summed E-state index contributed by atoms with van der Waals surface area (Å²) in [6.07, 6.45) is 3.82. The molecule has 0 saturated heterocycles. The Labute approximate surface area is 108 Å². The molecule has 0 aliphatic rings. The zero-order valence-electron chi connectivity index (χ0n) is 9.56. The zero-order chi connectivity index (χ0) is 12.3. The number of aliphatic imine (C=N–C) groups is 1. The highest BCUT2D eigenvalue weighted by atomic mass is 32.2. The first-order chi connectivity index (χ1) is 8.24. The molecule has 3 nitrogen and oxygen atoms in total. The van der Waals surface area contributed by atoms with Crippen LogP contribution in [-0.4, -0.2) is 27.8 Å². The summed E-state index contributed by atoms with van der Waals surface area (Å²) in [6.45, 7) is 0. The molecule has 1 aromatic carbocycles. The van der Waals surface area contributed by atoms with Gasteiger partial charge in [-0.3, -0.25) is 4.79 Å². The molecular formula is C12H12N2OS2. The predicted octanol–water partition coefficient (Wildman–Crippen LogP) is 3.39. The smallest absolute Gasteiger partial charge is 0.294 e. The molecule has 2 aromatic rings. The van der Waals surface area contributed by atoms with Gasteiger partial charge in [0.25, 0.3) is 5.91 Å². The number of thioether (sulfide) groups is 2. The summed E-state index contributed by atoms with van der Waals surface area (Å²) < 4.78 is 0.772. The molecule has 5 heteroatoms. The normalized spacial score (nSPS) is 10.5. The molecular weight excluding hydrogens is 252 g/mol. The summed E-state index contributed by atoms with van der Waals surface area (Å²) in [7, 11) is 0. The van der Waals surface area contributed by atoms with Crippen LogP contribution in [0.5, 0.6) is 0 Å². The van der Waals surface area contributed by atoms with Gasteiger partial charge >= 0.3 is 0 Å². The standard InChI is InChI=1S/C12H12N2OS2/c1-16-12(17-2)14-11(15)10-7-8-5-3-4-6-9(8)13-10/h3-7,13H,1-2H3. The van der Waals surface area contributed by atoms with Crippen molar-refractivity contribution >= 4 is 44.7 Å². The first kappa shape index (κ1) is 12.3. The predicted molar refractivity (Wildman–Crippen MR) is 77.1 cm³/mol. The third-order valence-corrected chi connectivity index (χ3v) is 4.18. The summed E-state index contributed by atoms with van der Waals surface area (Å²) in [5.74, 6) is -0.222. The Hall–Kier alpha value is -1.20. The summed E-state index contributed by atoms with van der Waals surface area (Å²) in [5, 5.41) is 1.03. The van der Waals surface area contributed by atoms with Crippen molar-refractivity contribution in [1.29, 1.82) is 0 Å². The maximum Gasteiger partial charge on any atom is 0.294 e. The van der Waals surface area contributed by atoms with Gasteiger partial charge in [-0.15, -0.1) is 23.5 Å². The third-order valence-electron chi connectivity index (χ3n) is 2.30. The van der Waals surface area contributed by atoms with Gasteiger partial charge in [-0.05, 0) is 24.6 Å². The highest BCUT2D eigenvalue weighted by Gasteiger charge is 2.09. The number of H-pyrrole nitrogens is 1. The molecule has 0 spiro atoms. The van der Waals surface area contributed by atoms with Gasteiger partial charge in [0.1, 0.15) is 10.1 Å². The Balaban J connectivity index is 2.34. The van der Waals surface area contributed by atoms with Crippen LogP contribution in [0.4, 0.5) is 0 Å². The molecule has 0 unspecified atom stereocenters. The van der Waals surface area contributed by atoms with Crippen LogP contribution in [0.15, 0.2) is 35.3 Å². The molecule has 1 heterocycles. The maximum absolute atomic E-state index is 11.9. The van der Waals surface area contributed by atoms with Crippen molar-refractivity contribution in [3.63, 3.8) is 0 Å². The highest BCUT2D eigenvalue weighted by Crippen LogP contribution is 2.17. The number of aromatic amines is 1. The minimum Gasteiger partial charge on any atom is -0.350 e. The number of amides is 1. The molecule has 17 heavy (non-hydrogen) atoms. The van der Waals surface area contributed by atoms with E-state index in [-0.39, 0.29) is 5.91 Å². The van der Waals surface area contributed by atoms with Crippen molar-refractivity contribution < 1.29 is 4.79 Å². The van der Waals surface area contributed by atoms with E-state index in [1.807, 2.05) is 42.8 Å². The Kier molecular flexibility index (Phi) is 3.91. The van der Waals surface area contributed by atoms with Crippen LogP contribution >= 0.6 is 23.5 Å². The molecule has 2 rings (SSSR count). The molecule has 88 valence electrons. The number of nitrogens with one attached hydrogen (secondary N) is 1. The number of rotatable bonds is 1. The van der Waals surface area contributed by atoms with Gasteiger partial charge in [0.05, 0.1) is 0 Å². The van der Waals surface area contributed by atoms with Crippen LogP contribution in [-0.2, 0) is 0 Å². The van der Waals surface area contributed by atoms with Crippen molar-refractivity contribution in [2.24, 2.45) is 4.99 Å². The molecule has 1 aromatic heterocycles. The molecule has 0 fully saturated rings. The van der Waals surface area contributed by atoms with Crippen LogP contribution in [0.3, 0.4) is 0 Å². The van der Waals surface area contributed by atoms with Crippen molar-refractivity contribution in [1.82, 2.24) is 4.98 Å². The van der Waals surface area contributed by atoms with Crippen molar-refractivity contribution in [3.8, 4) is 0 Å². The number of hydrogen-bond acceptors (Lipinski definition) is 3. The second-order valence-electron chi connectivity index (χ2n) is 3.36. The molecule has 0 aliphatic heterocycles. The van der Waals surface area contributed by atoms with E-state index in [1.54, 1.807) is 0 Å². The minimum absolute atomic E-state index is 0.222. The molecule has 0 saturated carbocycles. The monoisotopic (exact) mass is 264 g/mol. The second-order valence-corrected chi connectivity index (χ2v) is 5.21. The number of hydrogen-bond donors (Lipinski definition) is 1. The fourth-order valence-corrected chi connectivity index (χ4v) is 2.52. The molecule has 1 N–H and O–H groups in total. The summed E-state index contributed by atoms with van der Waals surface area (Å²) in [5.41, 5.74) is 1.49. The topological polar surface area (TPSA) is 45.2 Å². The van der Waals surface area contributed by atoms with E-state index >= 15 is 0 Å². The van der Waals surface area contributed by atoms with Gasteiger partial charge in [0.15, 0.2) is 0 Å². The molecule has 0 radical (unpaired) electrons. The van der Waals surface area contributed by atoms with Gasteiger partial charge < -0.3 is 4.98 Å². The van der Waals surface area contributed by atoms with E-state index in [1.165, 1.54) is 23.5 Å². The molecule has 0 aliphatic carbocycles. The van der Waals surface area contributed by atoms with E-state index in [0.717, 1.165) is 15.3 Å². The van der Waals surface area contributed by atoms with Crippen LogP contribution in [0, 0.1) is 0 Å². The first-order valence-corrected chi connectivity index (χ1v) is 7.48. The number of carbonyl (C=O) groups excluding carboxylic acids is 1. The second kappa shape index (κ2) is 5.42. The van der Waals surface area contributed by atoms with Gasteiger partial charge in [-0.25, -0.2) is 0 Å². The number of benzene rings is 1.